The first kappa shape index (κ1) is 45.3. The number of carbonyl (C=O) groups excluding carboxylic acids is 3. The van der Waals surface area contributed by atoms with Crippen LogP contribution in [0.25, 0.3) is 0 Å². The average Bonchev–Trinajstić information content (AvgIpc) is 3.15. The van der Waals surface area contributed by atoms with Gasteiger partial charge in [0, 0.05) is 37.7 Å². The van der Waals surface area contributed by atoms with Gasteiger partial charge in [-0.2, -0.15) is 5.26 Å². The molecular formula is C39H59ClN6O9. The third-order valence-corrected chi connectivity index (χ3v) is 9.14. The van der Waals surface area contributed by atoms with Crippen molar-refractivity contribution >= 4 is 29.4 Å². The van der Waals surface area contributed by atoms with Gasteiger partial charge in [0.15, 0.2) is 0 Å². The molecule has 3 rings (SSSR count). The third kappa shape index (κ3) is 18.4. The lowest BCUT2D eigenvalue weighted by Gasteiger charge is -2.32. The summed E-state index contributed by atoms with van der Waals surface area (Å²) in [7, 11) is 0. The maximum atomic E-state index is 12.7. The molecule has 0 bridgehead atoms. The second-order valence-corrected chi connectivity index (χ2v) is 14.8. The molecule has 6 N–H and O–H groups in total. The highest BCUT2D eigenvalue weighted by Crippen LogP contribution is 2.27. The Balaban J connectivity index is 1.17. The van der Waals surface area contributed by atoms with Crippen LogP contribution in [0, 0.1) is 17.2 Å². The lowest BCUT2D eigenvalue weighted by atomic mass is 9.93. The number of nitrogens with one attached hydrogen (secondary N) is 2. The number of nitrogens with zero attached hydrogens (tertiary/aromatic N) is 2. The van der Waals surface area contributed by atoms with E-state index in [1.807, 2.05) is 31.7 Å². The number of piperidine rings is 1. The van der Waals surface area contributed by atoms with Gasteiger partial charge in [0.2, 0.25) is 5.91 Å². The number of carbonyl (C=O) groups is 3. The lowest BCUT2D eigenvalue weighted by Crippen LogP contribution is -2.42. The van der Waals surface area contributed by atoms with Crippen molar-refractivity contribution in [3.05, 3.63) is 52.5 Å². The largest absolute Gasteiger partial charge is 0.490 e. The number of esters is 1. The summed E-state index contributed by atoms with van der Waals surface area (Å²) in [5.74, 6) is 0.351. The molecule has 1 saturated heterocycles. The predicted octanol–water partition coefficient (Wildman–Crippen LogP) is 3.29. The Morgan fingerprint density at radius 3 is 2.07 bits per heavy atom. The molecule has 2 amide bonds. The van der Waals surface area contributed by atoms with Gasteiger partial charge in [-0.05, 0) is 83.6 Å². The van der Waals surface area contributed by atoms with Crippen LogP contribution in [0.2, 0.25) is 5.02 Å². The summed E-state index contributed by atoms with van der Waals surface area (Å²) in [6.07, 6.45) is 7.66. The smallest absolute Gasteiger partial charge is 0.308 e. The Morgan fingerprint density at radius 2 is 1.49 bits per heavy atom. The highest BCUT2D eigenvalue weighted by Gasteiger charge is 2.26. The second-order valence-electron chi connectivity index (χ2n) is 14.4. The fourth-order valence-electron chi connectivity index (χ4n) is 5.90. The van der Waals surface area contributed by atoms with Gasteiger partial charge in [0.1, 0.15) is 17.4 Å². The molecule has 0 radical (unpaired) electrons. The first-order valence-electron chi connectivity index (χ1n) is 19.0. The van der Waals surface area contributed by atoms with E-state index < -0.39 is 5.60 Å². The second kappa shape index (κ2) is 24.4. The Morgan fingerprint density at radius 1 is 0.891 bits per heavy atom. The highest BCUT2D eigenvalue weighted by atomic mass is 35.5. The van der Waals surface area contributed by atoms with E-state index in [0.717, 1.165) is 25.7 Å². The van der Waals surface area contributed by atoms with Crippen molar-refractivity contribution in [1.82, 2.24) is 15.5 Å². The van der Waals surface area contributed by atoms with Crippen LogP contribution in [0.5, 0.6) is 5.75 Å². The number of allylic oxidation sites excluding steroid dienone is 2. The zero-order valence-corrected chi connectivity index (χ0v) is 33.2. The number of benzene rings is 1. The van der Waals surface area contributed by atoms with E-state index in [4.69, 9.17) is 56.8 Å². The van der Waals surface area contributed by atoms with Gasteiger partial charge in [-0.15, -0.1) is 0 Å². The van der Waals surface area contributed by atoms with Crippen molar-refractivity contribution < 1.29 is 42.8 Å². The van der Waals surface area contributed by atoms with Gasteiger partial charge in [0.25, 0.3) is 5.91 Å². The molecule has 2 fully saturated rings. The molecule has 1 aromatic carbocycles. The summed E-state index contributed by atoms with van der Waals surface area (Å²) >= 11 is 6.11. The van der Waals surface area contributed by atoms with E-state index in [1.165, 1.54) is 6.08 Å². The predicted molar refractivity (Wildman–Crippen MR) is 207 cm³/mol. The van der Waals surface area contributed by atoms with Crippen LogP contribution < -0.4 is 26.8 Å². The van der Waals surface area contributed by atoms with Crippen LogP contribution in [0.4, 0.5) is 0 Å². The van der Waals surface area contributed by atoms with E-state index in [2.05, 4.69) is 10.6 Å². The summed E-state index contributed by atoms with van der Waals surface area (Å²) in [6.45, 7) is 10.3. The molecule has 1 aliphatic carbocycles. The van der Waals surface area contributed by atoms with Gasteiger partial charge in [-0.25, -0.2) is 0 Å². The molecule has 306 valence electrons. The van der Waals surface area contributed by atoms with E-state index in [1.54, 1.807) is 24.3 Å². The topological polar surface area (TPSA) is 210 Å². The molecule has 1 aliphatic heterocycles. The standard InChI is InChI=1S/C39H59ClN6O9/c1-39(2,3)55-36(47)14-18-50-20-22-52-24-25-53-23-21-51-19-15-44-37(48)28-12-16-46(17-13-28)35(43)11-10-34(42)38(49)45-30-5-8-31(9-6-30)54-32-7-4-29(27-41)33(40)26-32/h4,7,10-11,26,28,30-31H,5-6,8-9,12-25,42-43H2,1-3H3,(H,44,48)(H,45,49)/b34-10-,35-11+. The van der Waals surface area contributed by atoms with E-state index >= 15 is 0 Å². The molecule has 15 nitrogen and oxygen atoms in total. The normalized spacial score (nSPS) is 18.3. The molecule has 1 saturated carbocycles. The fourth-order valence-corrected chi connectivity index (χ4v) is 6.12. The first-order valence-corrected chi connectivity index (χ1v) is 19.4. The van der Waals surface area contributed by atoms with Gasteiger partial charge in [-0.1, -0.05) is 11.6 Å². The minimum absolute atomic E-state index is 0.00396. The summed E-state index contributed by atoms with van der Waals surface area (Å²) in [5, 5.41) is 15.3. The van der Waals surface area contributed by atoms with Crippen molar-refractivity contribution in [3.63, 3.8) is 0 Å². The highest BCUT2D eigenvalue weighted by molar-refractivity contribution is 6.31. The number of amides is 2. The Labute approximate surface area is 329 Å². The van der Waals surface area contributed by atoms with Gasteiger partial charge in [-0.3, -0.25) is 14.4 Å². The number of nitrogens with two attached hydrogens (primary N) is 2. The number of likely N-dealkylation sites (tertiary alicyclic amines) is 1. The molecule has 0 spiro atoms. The van der Waals surface area contributed by atoms with Crippen molar-refractivity contribution in [2.45, 2.75) is 83.5 Å². The number of rotatable bonds is 22. The Hall–Kier alpha value is -4.07. The molecule has 55 heavy (non-hydrogen) atoms. The SMILES string of the molecule is CC(C)(C)OC(=O)CCOCCOCCOCCOCCNC(=O)C1CCN(/C(N)=C/C=C(\N)C(=O)NC2CCC(Oc3ccc(C#N)c(Cl)c3)CC2)CC1. The minimum atomic E-state index is -0.495. The first-order chi connectivity index (χ1) is 26.3. The monoisotopic (exact) mass is 790 g/mol. The van der Waals surface area contributed by atoms with Crippen LogP contribution in [0.15, 0.2) is 41.9 Å². The number of hydrogen-bond donors (Lipinski definition) is 4. The van der Waals surface area contributed by atoms with Crippen molar-refractivity contribution in [3.8, 4) is 11.8 Å². The van der Waals surface area contributed by atoms with Crippen molar-refractivity contribution in [2.24, 2.45) is 17.4 Å². The van der Waals surface area contributed by atoms with Crippen molar-refractivity contribution in [2.75, 3.05) is 72.5 Å². The number of halogens is 1. The fraction of sp³-hybridized carbons (Fsp3) is 0.641. The summed E-state index contributed by atoms with van der Waals surface area (Å²) in [4.78, 5) is 39.0. The Kier molecular flexibility index (Phi) is 20.1. The summed E-state index contributed by atoms with van der Waals surface area (Å²) in [5.41, 5.74) is 12.3. The van der Waals surface area contributed by atoms with E-state index in [9.17, 15) is 14.4 Å². The van der Waals surface area contributed by atoms with Crippen LogP contribution in [-0.2, 0) is 38.1 Å². The number of hydrogen-bond acceptors (Lipinski definition) is 13. The zero-order chi connectivity index (χ0) is 40.1. The molecule has 0 unspecified atom stereocenters. The van der Waals surface area contributed by atoms with Crippen LogP contribution in [0.3, 0.4) is 0 Å². The van der Waals surface area contributed by atoms with Crippen LogP contribution >= 0.6 is 11.6 Å². The molecular weight excluding hydrogens is 732 g/mol. The molecule has 16 heteroatoms. The molecule has 1 aromatic rings. The minimum Gasteiger partial charge on any atom is -0.490 e. The summed E-state index contributed by atoms with van der Waals surface area (Å²) < 4.78 is 33.1. The maximum Gasteiger partial charge on any atom is 0.308 e. The van der Waals surface area contributed by atoms with Crippen LogP contribution in [-0.4, -0.2) is 113 Å². The average molecular weight is 791 g/mol. The quantitative estimate of drug-likeness (QED) is 0.0576. The molecule has 0 atom stereocenters. The molecule has 2 aliphatic rings. The maximum absolute atomic E-state index is 12.7. The molecule has 1 heterocycles. The van der Waals surface area contributed by atoms with Gasteiger partial charge < -0.3 is 55.4 Å². The third-order valence-electron chi connectivity index (χ3n) is 8.83. The van der Waals surface area contributed by atoms with Gasteiger partial charge in [0.05, 0.1) is 87.5 Å². The number of ether oxygens (including phenoxy) is 6. The van der Waals surface area contributed by atoms with Crippen LogP contribution in [0.1, 0.15) is 71.3 Å². The Bertz CT molecular complexity index is 1460. The lowest BCUT2D eigenvalue weighted by molar-refractivity contribution is -0.156. The molecule has 0 aromatic heterocycles. The number of nitriles is 1. The van der Waals surface area contributed by atoms with Gasteiger partial charge >= 0.3 is 5.97 Å². The zero-order valence-electron chi connectivity index (χ0n) is 32.4. The van der Waals surface area contributed by atoms with E-state index in [-0.39, 0.29) is 48.0 Å². The van der Waals surface area contributed by atoms with Crippen molar-refractivity contribution in [1.29, 1.82) is 5.26 Å². The van der Waals surface area contributed by atoms with E-state index in [0.29, 0.717) is 107 Å². The summed E-state index contributed by atoms with van der Waals surface area (Å²) in [6, 6.07) is 7.04.